The Hall–Kier alpha value is -0.750. The largest absolute Gasteiger partial charge is 0.368 e. The Labute approximate surface area is 80.7 Å². The predicted molar refractivity (Wildman–Crippen MR) is 43.7 cm³/mol. The Kier molecular flexibility index (Phi) is 3.38. The molecule has 1 aliphatic carbocycles. The highest BCUT2D eigenvalue weighted by Crippen LogP contribution is 2.39. The molecule has 4 nitrogen and oxygen atoms in total. The zero-order valence-corrected chi connectivity index (χ0v) is 8.13. The van der Waals surface area contributed by atoms with Crippen LogP contribution in [0.25, 0.3) is 0 Å². The molecular weight excluding hydrogens is 196 g/mol. The van der Waals surface area contributed by atoms with Gasteiger partial charge in [-0.3, -0.25) is 9.63 Å². The maximum absolute atomic E-state index is 12.3. The fourth-order valence-electron chi connectivity index (χ4n) is 1.11. The van der Waals surface area contributed by atoms with Crippen LogP contribution in [0.3, 0.4) is 0 Å². The third-order valence-corrected chi connectivity index (χ3v) is 2.12. The zero-order chi connectivity index (χ0) is 10.8. The summed E-state index contributed by atoms with van der Waals surface area (Å²) in [6.45, 7) is -0.217. The topological polar surface area (TPSA) is 38.8 Å². The van der Waals surface area contributed by atoms with Crippen molar-refractivity contribution in [2.75, 3.05) is 20.8 Å². The lowest BCUT2D eigenvalue weighted by Gasteiger charge is -2.34. The van der Waals surface area contributed by atoms with Crippen molar-refractivity contribution in [3.63, 3.8) is 0 Å². The second-order valence-corrected chi connectivity index (χ2v) is 3.27. The van der Waals surface area contributed by atoms with Gasteiger partial charge >= 0.3 is 0 Å². The normalized spacial score (nSPS) is 20.3. The van der Waals surface area contributed by atoms with E-state index in [4.69, 9.17) is 4.74 Å². The summed E-state index contributed by atoms with van der Waals surface area (Å²) >= 11 is 0. The highest BCUT2D eigenvalue weighted by atomic mass is 19.3. The van der Waals surface area contributed by atoms with Crippen molar-refractivity contribution in [3.05, 3.63) is 0 Å². The predicted octanol–water partition coefficient (Wildman–Crippen LogP) is 0.821. The van der Waals surface area contributed by atoms with Crippen LogP contribution in [-0.2, 0) is 14.4 Å². The van der Waals surface area contributed by atoms with E-state index >= 15 is 0 Å². The molecule has 0 aromatic rings. The van der Waals surface area contributed by atoms with Gasteiger partial charge in [0.25, 0.3) is 11.8 Å². The number of halogens is 2. The number of likely N-dealkylation sites (N-methyl/N-ethyl adjacent to an activating group) is 1. The molecule has 0 spiro atoms. The van der Waals surface area contributed by atoms with E-state index in [-0.39, 0.29) is 25.4 Å². The number of alkyl halides is 2. The van der Waals surface area contributed by atoms with Gasteiger partial charge in [-0.25, -0.2) is 13.8 Å². The number of carbonyl (C=O) groups excluding carboxylic acids is 1. The van der Waals surface area contributed by atoms with Crippen molar-refractivity contribution >= 4 is 5.91 Å². The van der Waals surface area contributed by atoms with Crippen LogP contribution in [0.15, 0.2) is 0 Å². The number of nitrogens with zero attached hydrogens (tertiary/aromatic N) is 1. The van der Waals surface area contributed by atoms with Gasteiger partial charge in [-0.15, -0.1) is 0 Å². The third-order valence-electron chi connectivity index (χ3n) is 2.12. The number of rotatable bonds is 4. The number of amides is 1. The average Bonchev–Trinajstić information content (AvgIpc) is 2.09. The molecule has 14 heavy (non-hydrogen) atoms. The van der Waals surface area contributed by atoms with Crippen molar-refractivity contribution < 1.29 is 23.1 Å². The zero-order valence-electron chi connectivity index (χ0n) is 8.13. The van der Waals surface area contributed by atoms with Crippen molar-refractivity contribution in [2.24, 2.45) is 0 Å². The molecule has 0 bridgehead atoms. The SMILES string of the molecule is CON(C)C(=O)COC1CC(F)(F)C1. The van der Waals surface area contributed by atoms with Gasteiger partial charge in [-0.05, 0) is 0 Å². The van der Waals surface area contributed by atoms with E-state index in [0.29, 0.717) is 0 Å². The second kappa shape index (κ2) is 4.18. The number of hydrogen-bond donors (Lipinski definition) is 0. The fraction of sp³-hybridized carbons (Fsp3) is 0.875. The van der Waals surface area contributed by atoms with Crippen LogP contribution in [0.2, 0.25) is 0 Å². The molecule has 82 valence electrons. The first kappa shape index (κ1) is 11.3. The monoisotopic (exact) mass is 209 g/mol. The average molecular weight is 209 g/mol. The molecule has 0 aliphatic heterocycles. The first-order chi connectivity index (χ1) is 6.44. The first-order valence-electron chi connectivity index (χ1n) is 4.25. The number of ether oxygens (including phenoxy) is 1. The molecule has 0 radical (unpaired) electrons. The molecule has 0 atom stereocenters. The van der Waals surface area contributed by atoms with Gasteiger partial charge in [0.15, 0.2) is 0 Å². The minimum Gasteiger partial charge on any atom is -0.368 e. The van der Waals surface area contributed by atoms with E-state index in [2.05, 4.69) is 4.84 Å². The van der Waals surface area contributed by atoms with Crippen LogP contribution in [-0.4, -0.2) is 43.8 Å². The third kappa shape index (κ3) is 2.88. The minimum absolute atomic E-state index is 0.217. The summed E-state index contributed by atoms with van der Waals surface area (Å²) in [5, 5.41) is 0.997. The van der Waals surface area contributed by atoms with E-state index in [1.54, 1.807) is 0 Å². The summed E-state index contributed by atoms with van der Waals surface area (Å²) in [7, 11) is 2.77. The molecule has 0 aromatic carbocycles. The molecule has 0 aromatic heterocycles. The smallest absolute Gasteiger partial charge is 0.271 e. The fourth-order valence-corrected chi connectivity index (χ4v) is 1.11. The van der Waals surface area contributed by atoms with Gasteiger partial charge in [0.2, 0.25) is 0 Å². The van der Waals surface area contributed by atoms with Crippen molar-refractivity contribution in [2.45, 2.75) is 24.9 Å². The molecule has 0 unspecified atom stereocenters. The van der Waals surface area contributed by atoms with E-state index in [1.807, 2.05) is 0 Å². The van der Waals surface area contributed by atoms with Gasteiger partial charge in [0, 0.05) is 19.9 Å². The van der Waals surface area contributed by atoms with Crippen LogP contribution in [0, 0.1) is 0 Å². The van der Waals surface area contributed by atoms with Crippen molar-refractivity contribution in [3.8, 4) is 0 Å². The van der Waals surface area contributed by atoms with Crippen LogP contribution >= 0.6 is 0 Å². The van der Waals surface area contributed by atoms with Crippen LogP contribution < -0.4 is 0 Å². The van der Waals surface area contributed by atoms with Gasteiger partial charge < -0.3 is 4.74 Å². The molecule has 1 rings (SSSR count). The lowest BCUT2D eigenvalue weighted by Crippen LogP contribution is -2.43. The van der Waals surface area contributed by atoms with Crippen LogP contribution in [0.5, 0.6) is 0 Å². The highest BCUT2D eigenvalue weighted by molar-refractivity contribution is 5.76. The molecule has 1 fully saturated rings. The molecule has 0 saturated heterocycles. The van der Waals surface area contributed by atoms with E-state index in [0.717, 1.165) is 5.06 Å². The van der Waals surface area contributed by atoms with Gasteiger partial charge in [-0.2, -0.15) is 0 Å². The summed E-state index contributed by atoms with van der Waals surface area (Å²) in [6.07, 6.45) is -1.09. The lowest BCUT2D eigenvalue weighted by atomic mass is 9.91. The maximum Gasteiger partial charge on any atom is 0.271 e. The summed E-state index contributed by atoms with van der Waals surface area (Å²) in [5.74, 6) is -3.00. The second-order valence-electron chi connectivity index (χ2n) is 3.27. The Balaban J connectivity index is 2.14. The molecule has 1 aliphatic rings. The van der Waals surface area contributed by atoms with Crippen LogP contribution in [0.4, 0.5) is 8.78 Å². The summed E-state index contributed by atoms with van der Waals surface area (Å²) in [6, 6.07) is 0. The van der Waals surface area contributed by atoms with Gasteiger partial charge in [-0.1, -0.05) is 0 Å². The summed E-state index contributed by atoms with van der Waals surface area (Å²) in [5.41, 5.74) is 0. The molecule has 6 heteroatoms. The summed E-state index contributed by atoms with van der Waals surface area (Å²) < 4.78 is 29.6. The van der Waals surface area contributed by atoms with Crippen molar-refractivity contribution in [1.29, 1.82) is 0 Å². The molecule has 0 N–H and O–H groups in total. The molecule has 1 saturated carbocycles. The molecular formula is C8H13F2NO3. The number of carbonyl (C=O) groups is 1. The Morgan fingerprint density at radius 3 is 2.57 bits per heavy atom. The highest BCUT2D eigenvalue weighted by Gasteiger charge is 2.46. The maximum atomic E-state index is 12.3. The van der Waals surface area contributed by atoms with Crippen molar-refractivity contribution in [1.82, 2.24) is 5.06 Å². The first-order valence-corrected chi connectivity index (χ1v) is 4.25. The Morgan fingerprint density at radius 1 is 1.57 bits per heavy atom. The minimum atomic E-state index is -2.61. The Morgan fingerprint density at radius 2 is 2.14 bits per heavy atom. The summed E-state index contributed by atoms with van der Waals surface area (Å²) in [4.78, 5) is 15.7. The van der Waals surface area contributed by atoms with E-state index in [9.17, 15) is 13.6 Å². The Bertz CT molecular complexity index is 215. The molecule has 0 heterocycles. The standard InChI is InChI=1S/C8H13F2NO3/c1-11(13-2)7(12)5-14-6-3-8(9,10)4-6/h6H,3-5H2,1-2H3. The van der Waals surface area contributed by atoms with E-state index < -0.39 is 12.0 Å². The van der Waals surface area contributed by atoms with Gasteiger partial charge in [0.1, 0.15) is 6.61 Å². The quantitative estimate of drug-likeness (QED) is 0.643. The van der Waals surface area contributed by atoms with Crippen LogP contribution in [0.1, 0.15) is 12.8 Å². The van der Waals surface area contributed by atoms with Gasteiger partial charge in [0.05, 0.1) is 13.2 Å². The molecule has 1 amide bonds. The lowest BCUT2D eigenvalue weighted by molar-refractivity contribution is -0.191. The van der Waals surface area contributed by atoms with E-state index in [1.165, 1.54) is 14.2 Å². The number of hydrogen-bond acceptors (Lipinski definition) is 3. The number of hydroxylamine groups is 2.